The maximum absolute atomic E-state index is 12.2. The molecule has 2 rings (SSSR count). The van der Waals surface area contributed by atoms with Crippen LogP contribution in [-0.2, 0) is 4.79 Å². The molecule has 0 bridgehead atoms. The molecule has 5 heteroatoms. The van der Waals surface area contributed by atoms with E-state index < -0.39 is 0 Å². The topological polar surface area (TPSA) is 49.4 Å². The van der Waals surface area contributed by atoms with Gasteiger partial charge in [-0.1, -0.05) is 34.1 Å². The molecular weight excluding hydrogens is 368 g/mol. The van der Waals surface area contributed by atoms with Gasteiger partial charge in [0, 0.05) is 35.7 Å². The molecule has 0 saturated carbocycles. The van der Waals surface area contributed by atoms with E-state index >= 15 is 0 Å². The average Bonchev–Trinajstić information content (AvgIpc) is 2.53. The van der Waals surface area contributed by atoms with E-state index in [1.165, 1.54) is 6.92 Å². The Morgan fingerprint density at radius 1 is 1.12 bits per heavy atom. The summed E-state index contributed by atoms with van der Waals surface area (Å²) in [6.07, 6.45) is 0. The highest BCUT2D eigenvalue weighted by molar-refractivity contribution is 9.10. The number of halogens is 1. The highest BCUT2D eigenvalue weighted by Crippen LogP contribution is 2.21. The molecular formula is C19H21BrN2O2. The van der Waals surface area contributed by atoms with Gasteiger partial charge in [-0.2, -0.15) is 0 Å². The zero-order valence-electron chi connectivity index (χ0n) is 14.1. The van der Waals surface area contributed by atoms with E-state index in [4.69, 9.17) is 0 Å². The minimum atomic E-state index is -0.152. The summed E-state index contributed by atoms with van der Waals surface area (Å²) in [6, 6.07) is 13.2. The molecule has 0 heterocycles. The van der Waals surface area contributed by atoms with E-state index in [1.807, 2.05) is 44.2 Å². The second kappa shape index (κ2) is 8.11. The predicted molar refractivity (Wildman–Crippen MR) is 100 cm³/mol. The van der Waals surface area contributed by atoms with E-state index in [1.54, 1.807) is 17.0 Å². The van der Waals surface area contributed by atoms with Gasteiger partial charge in [-0.15, -0.1) is 0 Å². The van der Waals surface area contributed by atoms with Gasteiger partial charge in [0.05, 0.1) is 0 Å². The predicted octanol–water partition coefficient (Wildman–Crippen LogP) is 3.85. The molecule has 0 aliphatic heterocycles. The number of hydrogen-bond acceptors (Lipinski definition) is 2. The molecule has 0 aliphatic rings. The normalized spacial score (nSPS) is 10.3. The van der Waals surface area contributed by atoms with Crippen molar-refractivity contribution in [3.8, 4) is 0 Å². The van der Waals surface area contributed by atoms with Crippen LogP contribution >= 0.6 is 15.9 Å². The van der Waals surface area contributed by atoms with Gasteiger partial charge < -0.3 is 10.2 Å². The number of nitrogens with one attached hydrogen (secondary N) is 1. The molecule has 1 N–H and O–H groups in total. The number of hydrogen-bond donors (Lipinski definition) is 1. The van der Waals surface area contributed by atoms with E-state index in [0.29, 0.717) is 18.7 Å². The first-order valence-corrected chi connectivity index (χ1v) is 8.57. The Bertz CT molecular complexity index is 759. The Hall–Kier alpha value is -2.14. The van der Waals surface area contributed by atoms with Crippen molar-refractivity contribution in [1.82, 2.24) is 5.32 Å². The quantitative estimate of drug-likeness (QED) is 0.845. The molecule has 2 amide bonds. The summed E-state index contributed by atoms with van der Waals surface area (Å²) < 4.78 is 0.857. The van der Waals surface area contributed by atoms with Crippen molar-refractivity contribution < 1.29 is 9.59 Å². The van der Waals surface area contributed by atoms with Crippen molar-refractivity contribution >= 4 is 33.4 Å². The second-order valence-corrected chi connectivity index (χ2v) is 6.64. The number of nitrogens with zero attached hydrogens (tertiary/aromatic N) is 1. The summed E-state index contributed by atoms with van der Waals surface area (Å²) in [6.45, 7) is 6.33. The molecule has 0 aromatic heterocycles. The molecule has 2 aromatic carbocycles. The largest absolute Gasteiger partial charge is 0.350 e. The highest BCUT2D eigenvalue weighted by Gasteiger charge is 2.14. The van der Waals surface area contributed by atoms with E-state index in [9.17, 15) is 9.59 Å². The highest BCUT2D eigenvalue weighted by atomic mass is 79.9. The molecule has 4 nitrogen and oxygen atoms in total. The van der Waals surface area contributed by atoms with Crippen molar-refractivity contribution in [2.45, 2.75) is 20.8 Å². The number of carbonyl (C=O) groups is 2. The van der Waals surface area contributed by atoms with Crippen LogP contribution in [0.15, 0.2) is 46.9 Å². The van der Waals surface area contributed by atoms with Crippen LogP contribution in [0.4, 0.5) is 5.69 Å². The van der Waals surface area contributed by atoms with Crippen molar-refractivity contribution in [2.75, 3.05) is 18.0 Å². The number of benzene rings is 2. The monoisotopic (exact) mass is 388 g/mol. The van der Waals surface area contributed by atoms with Crippen LogP contribution < -0.4 is 10.2 Å². The van der Waals surface area contributed by atoms with Crippen molar-refractivity contribution in [3.05, 3.63) is 63.6 Å². The van der Waals surface area contributed by atoms with Crippen molar-refractivity contribution in [3.63, 3.8) is 0 Å². The van der Waals surface area contributed by atoms with E-state index in [-0.39, 0.29) is 11.8 Å². The standard InChI is InChI=1S/C19H21BrN2O2/c1-13-7-8-14(2)18(11-13)22(15(3)23)10-9-21-19(24)16-5-4-6-17(20)12-16/h4-8,11-12H,9-10H2,1-3H3,(H,21,24). The smallest absolute Gasteiger partial charge is 0.251 e. The zero-order chi connectivity index (χ0) is 17.7. The molecule has 0 aliphatic carbocycles. The van der Waals surface area contributed by atoms with Crippen LogP contribution in [0.1, 0.15) is 28.4 Å². The van der Waals surface area contributed by atoms with Crippen LogP contribution in [0.3, 0.4) is 0 Å². The van der Waals surface area contributed by atoms with Crippen LogP contribution in [0.2, 0.25) is 0 Å². The lowest BCUT2D eigenvalue weighted by atomic mass is 10.1. The van der Waals surface area contributed by atoms with Gasteiger partial charge in [-0.3, -0.25) is 9.59 Å². The first-order chi connectivity index (χ1) is 11.4. The fraction of sp³-hybridized carbons (Fsp3) is 0.263. The molecule has 0 fully saturated rings. The van der Waals surface area contributed by atoms with E-state index in [2.05, 4.69) is 21.2 Å². The Morgan fingerprint density at radius 3 is 2.54 bits per heavy atom. The van der Waals surface area contributed by atoms with Crippen LogP contribution in [-0.4, -0.2) is 24.9 Å². The Kier molecular flexibility index (Phi) is 6.15. The molecule has 0 atom stereocenters. The van der Waals surface area contributed by atoms with E-state index in [0.717, 1.165) is 21.3 Å². The average molecular weight is 389 g/mol. The summed E-state index contributed by atoms with van der Waals surface area (Å²) >= 11 is 3.35. The number of carbonyl (C=O) groups excluding carboxylic acids is 2. The van der Waals surface area contributed by atoms with Crippen LogP contribution in [0.25, 0.3) is 0 Å². The Morgan fingerprint density at radius 2 is 1.88 bits per heavy atom. The molecule has 0 spiro atoms. The zero-order valence-corrected chi connectivity index (χ0v) is 15.7. The summed E-state index contributed by atoms with van der Waals surface area (Å²) in [7, 11) is 0. The second-order valence-electron chi connectivity index (χ2n) is 5.73. The maximum atomic E-state index is 12.2. The molecule has 24 heavy (non-hydrogen) atoms. The summed E-state index contributed by atoms with van der Waals surface area (Å²) in [5.74, 6) is -0.193. The molecule has 126 valence electrons. The lowest BCUT2D eigenvalue weighted by Crippen LogP contribution is -2.38. The summed E-state index contributed by atoms with van der Waals surface area (Å²) in [5.41, 5.74) is 3.61. The molecule has 0 saturated heterocycles. The Balaban J connectivity index is 2.03. The lowest BCUT2D eigenvalue weighted by Gasteiger charge is -2.23. The third-order valence-corrected chi connectivity index (χ3v) is 4.24. The molecule has 0 radical (unpaired) electrons. The number of anilines is 1. The Labute approximate surface area is 151 Å². The van der Waals surface area contributed by atoms with Crippen LogP contribution in [0.5, 0.6) is 0 Å². The first-order valence-electron chi connectivity index (χ1n) is 7.77. The van der Waals surface area contributed by atoms with Gasteiger partial charge in [0.25, 0.3) is 5.91 Å². The van der Waals surface area contributed by atoms with Gasteiger partial charge >= 0.3 is 0 Å². The summed E-state index contributed by atoms with van der Waals surface area (Å²) in [5, 5.41) is 2.86. The fourth-order valence-electron chi connectivity index (χ4n) is 2.47. The third-order valence-electron chi connectivity index (χ3n) is 3.74. The third kappa shape index (κ3) is 4.68. The van der Waals surface area contributed by atoms with Gasteiger partial charge in [0.15, 0.2) is 0 Å². The summed E-state index contributed by atoms with van der Waals surface area (Å²) in [4.78, 5) is 25.9. The maximum Gasteiger partial charge on any atom is 0.251 e. The van der Waals surface area contributed by atoms with Gasteiger partial charge in [0.1, 0.15) is 0 Å². The number of amides is 2. The SMILES string of the molecule is CC(=O)N(CCNC(=O)c1cccc(Br)c1)c1cc(C)ccc1C. The van der Waals surface area contributed by atoms with Crippen molar-refractivity contribution in [1.29, 1.82) is 0 Å². The number of rotatable bonds is 5. The van der Waals surface area contributed by atoms with Crippen LogP contribution in [0, 0.1) is 13.8 Å². The molecule has 2 aromatic rings. The minimum Gasteiger partial charge on any atom is -0.350 e. The van der Waals surface area contributed by atoms with Gasteiger partial charge in [0.2, 0.25) is 5.91 Å². The molecule has 0 unspecified atom stereocenters. The fourth-order valence-corrected chi connectivity index (χ4v) is 2.87. The van der Waals surface area contributed by atoms with Gasteiger partial charge in [-0.05, 0) is 49.2 Å². The number of aryl methyl sites for hydroxylation is 2. The van der Waals surface area contributed by atoms with Gasteiger partial charge in [-0.25, -0.2) is 0 Å². The minimum absolute atomic E-state index is 0.0413. The lowest BCUT2D eigenvalue weighted by molar-refractivity contribution is -0.116. The first kappa shape index (κ1) is 18.2. The van der Waals surface area contributed by atoms with Crippen molar-refractivity contribution in [2.24, 2.45) is 0 Å².